The molecule has 0 unspecified atom stereocenters. The van der Waals surface area contributed by atoms with Crippen molar-refractivity contribution in [2.45, 2.75) is 6.61 Å². The molecular weight excluding hydrogens is 254 g/mol. The van der Waals surface area contributed by atoms with E-state index < -0.39 is 0 Å². The zero-order valence-corrected chi connectivity index (χ0v) is 11.1. The van der Waals surface area contributed by atoms with Gasteiger partial charge in [-0.15, -0.1) is 0 Å². The molecule has 0 radical (unpaired) electrons. The molecule has 2 N–H and O–H groups in total. The van der Waals surface area contributed by atoms with E-state index in [2.05, 4.69) is 0 Å². The summed E-state index contributed by atoms with van der Waals surface area (Å²) in [6.07, 6.45) is 1.70. The Labute approximate surface area is 116 Å². The summed E-state index contributed by atoms with van der Waals surface area (Å²) in [5.41, 5.74) is 8.28. The highest BCUT2D eigenvalue weighted by Gasteiger charge is 2.07. The number of hydrogen-bond donors (Lipinski definition) is 1. The van der Waals surface area contributed by atoms with Crippen molar-refractivity contribution in [3.8, 4) is 11.5 Å². The summed E-state index contributed by atoms with van der Waals surface area (Å²) < 4.78 is 16.4. The minimum atomic E-state index is 0.420. The molecule has 0 aliphatic rings. The first-order valence-corrected chi connectivity index (χ1v) is 6.29. The van der Waals surface area contributed by atoms with Crippen LogP contribution < -0.4 is 15.2 Å². The number of ether oxygens (including phenoxy) is 2. The molecule has 3 rings (SSSR count). The van der Waals surface area contributed by atoms with Crippen LogP contribution in [0.3, 0.4) is 0 Å². The monoisotopic (exact) mass is 269 g/mol. The third kappa shape index (κ3) is 2.40. The van der Waals surface area contributed by atoms with Crippen molar-refractivity contribution in [3.63, 3.8) is 0 Å². The molecule has 0 bridgehead atoms. The second kappa shape index (κ2) is 5.17. The van der Waals surface area contributed by atoms with Crippen LogP contribution in [0.25, 0.3) is 11.0 Å². The van der Waals surface area contributed by atoms with E-state index in [1.54, 1.807) is 13.4 Å². The van der Waals surface area contributed by atoms with E-state index in [9.17, 15) is 0 Å². The maximum Gasteiger partial charge on any atom is 0.134 e. The van der Waals surface area contributed by atoms with Crippen LogP contribution in [0.1, 0.15) is 5.56 Å². The normalized spacial score (nSPS) is 10.7. The third-order valence-corrected chi connectivity index (χ3v) is 3.11. The topological polar surface area (TPSA) is 57.6 Å². The molecule has 4 nitrogen and oxygen atoms in total. The Balaban J connectivity index is 1.81. The van der Waals surface area contributed by atoms with Crippen molar-refractivity contribution in [2.75, 3.05) is 12.8 Å². The van der Waals surface area contributed by atoms with Crippen LogP contribution in [0.4, 0.5) is 5.69 Å². The molecule has 0 aliphatic carbocycles. The van der Waals surface area contributed by atoms with Gasteiger partial charge in [0.2, 0.25) is 0 Å². The summed E-state index contributed by atoms with van der Waals surface area (Å²) in [7, 11) is 1.63. The molecule has 4 heteroatoms. The van der Waals surface area contributed by atoms with Gasteiger partial charge in [0.15, 0.2) is 0 Å². The Morgan fingerprint density at radius 1 is 1.10 bits per heavy atom. The van der Waals surface area contributed by atoms with Gasteiger partial charge in [0, 0.05) is 22.7 Å². The minimum absolute atomic E-state index is 0.420. The lowest BCUT2D eigenvalue weighted by atomic mass is 10.1. The molecule has 0 spiro atoms. The van der Waals surface area contributed by atoms with Crippen LogP contribution in [-0.2, 0) is 6.61 Å². The van der Waals surface area contributed by atoms with Crippen LogP contribution in [-0.4, -0.2) is 7.11 Å². The van der Waals surface area contributed by atoms with Gasteiger partial charge in [0.1, 0.15) is 23.7 Å². The maximum absolute atomic E-state index is 5.80. The number of nitrogen functional groups attached to an aromatic ring is 1. The van der Waals surface area contributed by atoms with E-state index in [-0.39, 0.29) is 0 Å². The highest BCUT2D eigenvalue weighted by Crippen LogP contribution is 2.25. The van der Waals surface area contributed by atoms with Crippen molar-refractivity contribution in [1.82, 2.24) is 0 Å². The van der Waals surface area contributed by atoms with E-state index in [4.69, 9.17) is 19.6 Å². The molecule has 0 aliphatic heterocycles. The maximum atomic E-state index is 5.80. The van der Waals surface area contributed by atoms with E-state index in [0.29, 0.717) is 12.3 Å². The fraction of sp³-hybridized carbons (Fsp3) is 0.125. The van der Waals surface area contributed by atoms with Gasteiger partial charge in [-0.3, -0.25) is 0 Å². The third-order valence-electron chi connectivity index (χ3n) is 3.11. The Bertz CT molecular complexity index is 733. The number of benzene rings is 2. The predicted octanol–water partition coefficient (Wildman–Crippen LogP) is 3.60. The molecular formula is C16H15NO3. The van der Waals surface area contributed by atoms with Crippen molar-refractivity contribution < 1.29 is 13.9 Å². The number of methoxy groups -OCH3 is 1. The molecule has 3 aromatic rings. The zero-order valence-electron chi connectivity index (χ0n) is 11.1. The predicted molar refractivity (Wildman–Crippen MR) is 78.0 cm³/mol. The molecule has 2 aromatic carbocycles. The quantitative estimate of drug-likeness (QED) is 0.735. The van der Waals surface area contributed by atoms with Gasteiger partial charge in [-0.2, -0.15) is 0 Å². The largest absolute Gasteiger partial charge is 0.497 e. The molecule has 20 heavy (non-hydrogen) atoms. The van der Waals surface area contributed by atoms with E-state index in [0.717, 1.165) is 28.0 Å². The van der Waals surface area contributed by atoms with Gasteiger partial charge < -0.3 is 19.6 Å². The van der Waals surface area contributed by atoms with Crippen molar-refractivity contribution in [2.24, 2.45) is 0 Å². The molecule has 102 valence electrons. The van der Waals surface area contributed by atoms with Gasteiger partial charge in [-0.05, 0) is 30.3 Å². The van der Waals surface area contributed by atoms with Crippen molar-refractivity contribution in [3.05, 3.63) is 54.3 Å². The summed E-state index contributed by atoms with van der Waals surface area (Å²) in [4.78, 5) is 0. The minimum Gasteiger partial charge on any atom is -0.497 e. The van der Waals surface area contributed by atoms with Crippen molar-refractivity contribution >= 4 is 16.7 Å². The van der Waals surface area contributed by atoms with Crippen LogP contribution in [0.5, 0.6) is 11.5 Å². The second-order valence-corrected chi connectivity index (χ2v) is 4.48. The number of nitrogens with two attached hydrogens (primary N) is 1. The van der Waals surface area contributed by atoms with Crippen LogP contribution in [0.2, 0.25) is 0 Å². The fourth-order valence-electron chi connectivity index (χ4n) is 2.06. The van der Waals surface area contributed by atoms with Gasteiger partial charge in [-0.25, -0.2) is 0 Å². The number of fused-ring (bicyclic) bond motifs is 1. The number of furan rings is 1. The standard InChI is InChI=1S/C16H15NO3/c1-18-13-3-2-4-14(8-13)19-9-11-10-20-16-6-5-12(17)7-15(11)16/h2-8,10H,9,17H2,1H3. The van der Waals surface area contributed by atoms with Crippen LogP contribution in [0, 0.1) is 0 Å². The lowest BCUT2D eigenvalue weighted by Crippen LogP contribution is -1.95. The Hall–Kier alpha value is -2.62. The van der Waals surface area contributed by atoms with Crippen LogP contribution >= 0.6 is 0 Å². The summed E-state index contributed by atoms with van der Waals surface area (Å²) in [6.45, 7) is 0.420. The highest BCUT2D eigenvalue weighted by atomic mass is 16.5. The first-order valence-electron chi connectivity index (χ1n) is 6.29. The second-order valence-electron chi connectivity index (χ2n) is 4.48. The molecule has 0 fully saturated rings. The molecule has 0 saturated heterocycles. The summed E-state index contributed by atoms with van der Waals surface area (Å²) >= 11 is 0. The average Bonchev–Trinajstić information content (AvgIpc) is 2.87. The number of rotatable bonds is 4. The molecule has 0 atom stereocenters. The Morgan fingerprint density at radius 3 is 2.80 bits per heavy atom. The average molecular weight is 269 g/mol. The lowest BCUT2D eigenvalue weighted by molar-refractivity contribution is 0.303. The first kappa shape index (κ1) is 12.4. The number of anilines is 1. The van der Waals surface area contributed by atoms with E-state index in [1.165, 1.54) is 0 Å². The van der Waals surface area contributed by atoms with Gasteiger partial charge in [0.25, 0.3) is 0 Å². The van der Waals surface area contributed by atoms with Gasteiger partial charge >= 0.3 is 0 Å². The smallest absolute Gasteiger partial charge is 0.134 e. The van der Waals surface area contributed by atoms with Crippen molar-refractivity contribution in [1.29, 1.82) is 0 Å². The molecule has 0 saturated carbocycles. The summed E-state index contributed by atoms with van der Waals surface area (Å²) in [6, 6.07) is 13.1. The lowest BCUT2D eigenvalue weighted by Gasteiger charge is -2.06. The highest BCUT2D eigenvalue weighted by molar-refractivity contribution is 5.84. The zero-order chi connectivity index (χ0) is 13.9. The Kier molecular flexibility index (Phi) is 3.21. The molecule has 1 heterocycles. The molecule has 0 amide bonds. The Morgan fingerprint density at radius 2 is 1.95 bits per heavy atom. The fourth-order valence-corrected chi connectivity index (χ4v) is 2.06. The van der Waals surface area contributed by atoms with Gasteiger partial charge in [-0.1, -0.05) is 6.07 Å². The van der Waals surface area contributed by atoms with E-state index >= 15 is 0 Å². The summed E-state index contributed by atoms with van der Waals surface area (Å²) in [5, 5.41) is 0.980. The number of hydrogen-bond acceptors (Lipinski definition) is 4. The van der Waals surface area contributed by atoms with E-state index in [1.807, 2.05) is 42.5 Å². The SMILES string of the molecule is COc1cccc(OCc2coc3ccc(N)cc23)c1. The summed E-state index contributed by atoms with van der Waals surface area (Å²) in [5.74, 6) is 1.52. The first-order chi connectivity index (χ1) is 9.76. The van der Waals surface area contributed by atoms with Gasteiger partial charge in [0.05, 0.1) is 13.4 Å². The molecule has 1 aromatic heterocycles. The van der Waals surface area contributed by atoms with Crippen LogP contribution in [0.15, 0.2) is 53.1 Å².